The van der Waals surface area contributed by atoms with Gasteiger partial charge in [-0.2, -0.15) is 5.10 Å². The van der Waals surface area contributed by atoms with Gasteiger partial charge in [-0.05, 0) is 39.0 Å². The quantitative estimate of drug-likeness (QED) is 0.611. The number of aryl methyl sites for hydroxylation is 1. The van der Waals surface area contributed by atoms with Gasteiger partial charge in [0.2, 0.25) is 5.95 Å². The molecule has 3 aromatic rings. The number of carbonyl (C=O) groups excluding carboxylic acids is 2. The van der Waals surface area contributed by atoms with Gasteiger partial charge in [-0.25, -0.2) is 14.6 Å². The molecule has 0 unspecified atom stereocenters. The second-order valence-electron chi connectivity index (χ2n) is 8.23. The first-order chi connectivity index (χ1) is 15.4. The Kier molecular flexibility index (Phi) is 5.12. The summed E-state index contributed by atoms with van der Waals surface area (Å²) in [5.74, 6) is -0.0546. The van der Waals surface area contributed by atoms with Crippen LogP contribution in [0.15, 0.2) is 16.4 Å². The largest absolute Gasteiger partial charge is 0.364 e. The fourth-order valence-electron chi connectivity index (χ4n) is 4.45. The number of nitrogens with two attached hydrogens (primary N) is 1. The Balaban J connectivity index is 1.31. The molecule has 2 aliphatic rings. The van der Waals surface area contributed by atoms with E-state index in [1.54, 1.807) is 12.3 Å². The van der Waals surface area contributed by atoms with Crippen LogP contribution in [0.1, 0.15) is 68.0 Å². The van der Waals surface area contributed by atoms with Crippen molar-refractivity contribution in [3.8, 4) is 5.95 Å². The van der Waals surface area contributed by atoms with E-state index in [4.69, 9.17) is 5.73 Å². The highest BCUT2D eigenvalue weighted by Gasteiger charge is 2.29. The number of fused-ring (bicyclic) bond motifs is 1. The maximum atomic E-state index is 13.2. The predicted octanol–water partition coefficient (Wildman–Crippen LogP) is 1.33. The van der Waals surface area contributed by atoms with E-state index in [0.29, 0.717) is 36.0 Å². The van der Waals surface area contributed by atoms with Gasteiger partial charge in [0.15, 0.2) is 0 Å². The number of amides is 2. The van der Waals surface area contributed by atoms with Crippen LogP contribution in [0, 0.1) is 6.92 Å². The van der Waals surface area contributed by atoms with E-state index in [0.717, 1.165) is 48.4 Å². The molecular weight excluding hydrogens is 430 g/mol. The third-order valence-electron chi connectivity index (χ3n) is 6.28. The number of likely N-dealkylation sites (tertiary alicyclic amines) is 1. The summed E-state index contributed by atoms with van der Waals surface area (Å²) >= 11 is 1.44. The topological polar surface area (TPSA) is 140 Å². The molecule has 10 nitrogen and oxygen atoms in total. The summed E-state index contributed by atoms with van der Waals surface area (Å²) in [6.45, 7) is 2.99. The Morgan fingerprint density at radius 3 is 2.72 bits per heavy atom. The minimum Gasteiger partial charge on any atom is -0.364 e. The van der Waals surface area contributed by atoms with Crippen molar-refractivity contribution < 1.29 is 9.59 Å². The van der Waals surface area contributed by atoms with E-state index in [2.05, 4.69) is 20.1 Å². The molecule has 0 atom stereocenters. The smallest absolute Gasteiger partial charge is 0.268 e. The van der Waals surface area contributed by atoms with E-state index in [1.807, 2.05) is 4.90 Å². The summed E-state index contributed by atoms with van der Waals surface area (Å²) in [7, 11) is 0. The first kappa shape index (κ1) is 20.6. The van der Waals surface area contributed by atoms with Crippen LogP contribution in [0.2, 0.25) is 0 Å². The third kappa shape index (κ3) is 3.52. The third-order valence-corrected chi connectivity index (χ3v) is 7.28. The molecule has 1 aliphatic heterocycles. The fraction of sp³-hybridized carbons (Fsp3) is 0.429. The molecule has 1 saturated heterocycles. The van der Waals surface area contributed by atoms with Crippen LogP contribution in [0.5, 0.6) is 0 Å². The summed E-state index contributed by atoms with van der Waals surface area (Å²) in [6.07, 6.45) is 5.54. The van der Waals surface area contributed by atoms with Gasteiger partial charge in [0.25, 0.3) is 17.4 Å². The zero-order chi connectivity index (χ0) is 22.4. The molecule has 2 amide bonds. The summed E-state index contributed by atoms with van der Waals surface area (Å²) in [6, 6.07) is 0. The number of nitrogens with one attached hydrogen (secondary N) is 1. The molecule has 32 heavy (non-hydrogen) atoms. The maximum absolute atomic E-state index is 13.2. The summed E-state index contributed by atoms with van der Waals surface area (Å²) < 4.78 is 1.53. The molecule has 1 aliphatic carbocycles. The number of hydrogen-bond acceptors (Lipinski definition) is 7. The summed E-state index contributed by atoms with van der Waals surface area (Å²) in [4.78, 5) is 50.3. The molecule has 3 N–H and O–H groups in total. The Morgan fingerprint density at radius 1 is 1.22 bits per heavy atom. The average molecular weight is 454 g/mol. The number of thiazole rings is 1. The second kappa shape index (κ2) is 7.97. The van der Waals surface area contributed by atoms with E-state index in [9.17, 15) is 14.4 Å². The normalized spacial score (nSPS) is 16.3. The minimum absolute atomic E-state index is 0.0901. The fourth-order valence-corrected chi connectivity index (χ4v) is 5.43. The first-order valence-electron chi connectivity index (χ1n) is 10.6. The number of piperidine rings is 1. The van der Waals surface area contributed by atoms with Gasteiger partial charge in [-0.15, -0.1) is 11.3 Å². The van der Waals surface area contributed by atoms with Crippen molar-refractivity contribution in [3.05, 3.63) is 55.1 Å². The standard InChI is InChI=1S/C21H23N7O3S/c1-11-14(9-23-28(11)21-25-15-4-2-3-13(15)18(30)26-21)20(31)27-7-5-12(6-8-27)19-24-16(10-32-19)17(22)29/h9-10,12H,2-8H2,1H3,(H2,22,29)(H,25,26,30). The number of nitrogens with zero attached hydrogens (tertiary/aromatic N) is 5. The first-order valence-corrected chi connectivity index (χ1v) is 11.5. The molecule has 0 spiro atoms. The summed E-state index contributed by atoms with van der Waals surface area (Å²) in [5, 5.41) is 6.91. The highest BCUT2D eigenvalue weighted by atomic mass is 32.1. The molecular formula is C21H23N7O3S. The molecule has 5 rings (SSSR count). The van der Waals surface area contributed by atoms with Crippen molar-refractivity contribution in [2.45, 2.75) is 44.9 Å². The second-order valence-corrected chi connectivity index (χ2v) is 9.12. The maximum Gasteiger partial charge on any atom is 0.268 e. The number of carbonyl (C=O) groups is 2. The molecule has 4 heterocycles. The number of hydrogen-bond donors (Lipinski definition) is 2. The Bertz CT molecular complexity index is 1270. The van der Waals surface area contributed by atoms with Gasteiger partial charge in [0.1, 0.15) is 5.69 Å². The Labute approximate surface area is 187 Å². The van der Waals surface area contributed by atoms with Crippen LogP contribution < -0.4 is 11.3 Å². The lowest BCUT2D eigenvalue weighted by Gasteiger charge is -2.31. The van der Waals surface area contributed by atoms with E-state index < -0.39 is 5.91 Å². The molecule has 0 bridgehead atoms. The van der Waals surface area contributed by atoms with Gasteiger partial charge >= 0.3 is 0 Å². The van der Waals surface area contributed by atoms with Gasteiger partial charge in [0.05, 0.1) is 28.2 Å². The Hall–Kier alpha value is -3.34. The van der Waals surface area contributed by atoms with E-state index in [1.165, 1.54) is 22.2 Å². The minimum atomic E-state index is -0.521. The van der Waals surface area contributed by atoms with Gasteiger partial charge < -0.3 is 10.6 Å². The number of H-pyrrole nitrogens is 1. The van der Waals surface area contributed by atoms with Gasteiger partial charge in [0, 0.05) is 30.0 Å². The highest BCUT2D eigenvalue weighted by molar-refractivity contribution is 7.09. The van der Waals surface area contributed by atoms with Crippen molar-refractivity contribution >= 4 is 23.2 Å². The van der Waals surface area contributed by atoms with Crippen molar-refractivity contribution in [1.29, 1.82) is 0 Å². The van der Waals surface area contributed by atoms with Crippen LogP contribution in [0.4, 0.5) is 0 Å². The molecule has 1 fully saturated rings. The van der Waals surface area contributed by atoms with Gasteiger partial charge in [-0.1, -0.05) is 0 Å². The molecule has 0 aromatic carbocycles. The SMILES string of the molecule is Cc1c(C(=O)N2CCC(c3nc(C(N)=O)cs3)CC2)cnn1-c1nc2c(c(=O)[nH]1)CCC2. The van der Waals surface area contributed by atoms with E-state index in [-0.39, 0.29) is 17.4 Å². The molecule has 0 radical (unpaired) electrons. The average Bonchev–Trinajstić information content (AvgIpc) is 3.53. The lowest BCUT2D eigenvalue weighted by Crippen LogP contribution is -2.38. The lowest BCUT2D eigenvalue weighted by molar-refractivity contribution is 0.0712. The summed E-state index contributed by atoms with van der Waals surface area (Å²) in [5.41, 5.74) is 8.17. The Morgan fingerprint density at radius 2 is 2.00 bits per heavy atom. The van der Waals surface area contributed by atoms with Crippen LogP contribution in [0.3, 0.4) is 0 Å². The molecule has 166 valence electrons. The predicted molar refractivity (Wildman–Crippen MR) is 117 cm³/mol. The zero-order valence-corrected chi connectivity index (χ0v) is 18.4. The van der Waals surface area contributed by atoms with Crippen molar-refractivity contribution in [1.82, 2.24) is 29.6 Å². The van der Waals surface area contributed by atoms with Crippen molar-refractivity contribution in [2.24, 2.45) is 5.73 Å². The number of aromatic nitrogens is 5. The number of rotatable bonds is 4. The zero-order valence-electron chi connectivity index (χ0n) is 17.6. The molecule has 0 saturated carbocycles. The highest BCUT2D eigenvalue weighted by Crippen LogP contribution is 2.31. The monoisotopic (exact) mass is 453 g/mol. The molecule has 11 heteroatoms. The molecule has 3 aromatic heterocycles. The van der Waals surface area contributed by atoms with Crippen molar-refractivity contribution in [2.75, 3.05) is 13.1 Å². The van der Waals surface area contributed by atoms with Crippen LogP contribution in [-0.4, -0.2) is 54.5 Å². The lowest BCUT2D eigenvalue weighted by atomic mass is 9.97. The number of aromatic amines is 1. The van der Waals surface area contributed by atoms with E-state index >= 15 is 0 Å². The van der Waals surface area contributed by atoms with Gasteiger partial charge in [-0.3, -0.25) is 19.4 Å². The van der Waals surface area contributed by atoms with Crippen LogP contribution in [-0.2, 0) is 12.8 Å². The van der Waals surface area contributed by atoms with Crippen LogP contribution >= 0.6 is 11.3 Å². The number of primary amides is 1. The van der Waals surface area contributed by atoms with Crippen molar-refractivity contribution in [3.63, 3.8) is 0 Å². The van der Waals surface area contributed by atoms with Crippen LogP contribution in [0.25, 0.3) is 5.95 Å².